The van der Waals surface area contributed by atoms with Gasteiger partial charge in [-0.25, -0.2) is 0 Å². The highest BCUT2D eigenvalue weighted by Gasteiger charge is 2.05. The van der Waals surface area contributed by atoms with Crippen molar-refractivity contribution in [2.45, 2.75) is 40.0 Å². The smallest absolute Gasteiger partial charge is 0.175 e. The molecule has 0 aliphatic carbocycles. The van der Waals surface area contributed by atoms with E-state index in [-0.39, 0.29) is 0 Å². The number of anilines is 2. The van der Waals surface area contributed by atoms with Crippen molar-refractivity contribution >= 4 is 28.7 Å². The third kappa shape index (κ3) is 4.08. The van der Waals surface area contributed by atoms with Crippen molar-refractivity contribution < 1.29 is 0 Å². The van der Waals surface area contributed by atoms with Crippen molar-refractivity contribution in [2.75, 3.05) is 10.6 Å². The van der Waals surface area contributed by atoms with Gasteiger partial charge >= 0.3 is 0 Å². The van der Waals surface area contributed by atoms with Crippen molar-refractivity contribution in [1.82, 2.24) is 0 Å². The molecule has 0 saturated carbocycles. The molecule has 0 aliphatic rings. The van der Waals surface area contributed by atoms with Gasteiger partial charge in [-0.2, -0.15) is 0 Å². The molecule has 3 heteroatoms. The summed E-state index contributed by atoms with van der Waals surface area (Å²) in [5, 5.41) is 7.13. The first-order valence-corrected chi connectivity index (χ1v) is 8.16. The van der Waals surface area contributed by atoms with Gasteiger partial charge in [0.15, 0.2) is 5.11 Å². The zero-order valence-electron chi connectivity index (χ0n) is 13.7. The summed E-state index contributed by atoms with van der Waals surface area (Å²) in [5.74, 6) is 0.592. The normalized spacial score (nSPS) is 11.8. The molecule has 0 fully saturated rings. The van der Waals surface area contributed by atoms with Crippen LogP contribution in [0.4, 0.5) is 11.4 Å². The molecule has 2 rings (SSSR count). The van der Waals surface area contributed by atoms with Gasteiger partial charge in [0.1, 0.15) is 0 Å². The van der Waals surface area contributed by atoms with E-state index in [9.17, 15) is 0 Å². The van der Waals surface area contributed by atoms with Crippen LogP contribution in [0.2, 0.25) is 0 Å². The fourth-order valence-electron chi connectivity index (χ4n) is 2.30. The van der Waals surface area contributed by atoms with E-state index in [1.165, 1.54) is 16.7 Å². The molecule has 0 radical (unpaired) electrons. The second-order valence-electron chi connectivity index (χ2n) is 5.76. The highest BCUT2D eigenvalue weighted by Crippen LogP contribution is 2.21. The summed E-state index contributed by atoms with van der Waals surface area (Å²) >= 11 is 5.41. The zero-order chi connectivity index (χ0) is 16.1. The minimum atomic E-state index is 0.592. The van der Waals surface area contributed by atoms with E-state index in [2.05, 4.69) is 68.7 Å². The highest BCUT2D eigenvalue weighted by atomic mass is 32.1. The summed E-state index contributed by atoms with van der Waals surface area (Å²) in [6.45, 7) is 8.65. The summed E-state index contributed by atoms with van der Waals surface area (Å²) in [5.41, 5.74) is 5.90. The first-order valence-electron chi connectivity index (χ1n) is 7.75. The predicted molar refractivity (Wildman–Crippen MR) is 101 cm³/mol. The largest absolute Gasteiger partial charge is 0.332 e. The molecule has 0 unspecified atom stereocenters. The molecule has 1 atom stereocenters. The van der Waals surface area contributed by atoms with E-state index in [1.54, 1.807) is 0 Å². The summed E-state index contributed by atoms with van der Waals surface area (Å²) in [4.78, 5) is 0. The molecule has 22 heavy (non-hydrogen) atoms. The number of nitrogens with one attached hydrogen (secondary N) is 2. The number of benzene rings is 2. The van der Waals surface area contributed by atoms with Crippen LogP contribution in [0.25, 0.3) is 0 Å². The summed E-state index contributed by atoms with van der Waals surface area (Å²) in [7, 11) is 0. The Hall–Kier alpha value is -1.87. The van der Waals surface area contributed by atoms with E-state index in [0.717, 1.165) is 17.8 Å². The van der Waals surface area contributed by atoms with Crippen LogP contribution in [0, 0.1) is 13.8 Å². The standard InChI is InChI=1S/C19H24N2S/c1-5-13(2)16-9-11-17(12-10-16)20-19(22)21-18-8-6-7-14(3)15(18)4/h6-13H,5H2,1-4H3,(H2,20,21,22)/t13-/m0/s1. The molecule has 0 spiro atoms. The van der Waals surface area contributed by atoms with E-state index in [0.29, 0.717) is 11.0 Å². The van der Waals surface area contributed by atoms with Crippen LogP contribution in [0.5, 0.6) is 0 Å². The van der Waals surface area contributed by atoms with Crippen LogP contribution < -0.4 is 10.6 Å². The van der Waals surface area contributed by atoms with Crippen LogP contribution in [-0.2, 0) is 0 Å². The minimum Gasteiger partial charge on any atom is -0.332 e. The first kappa shape index (κ1) is 16.5. The average molecular weight is 312 g/mol. The Morgan fingerprint density at radius 3 is 2.36 bits per heavy atom. The van der Waals surface area contributed by atoms with Gasteiger partial charge in [0, 0.05) is 11.4 Å². The van der Waals surface area contributed by atoms with Crippen molar-refractivity contribution in [3.8, 4) is 0 Å². The van der Waals surface area contributed by atoms with E-state index in [1.807, 2.05) is 12.1 Å². The van der Waals surface area contributed by atoms with E-state index in [4.69, 9.17) is 12.2 Å². The lowest BCUT2D eigenvalue weighted by atomic mass is 9.99. The molecule has 2 nitrogen and oxygen atoms in total. The quantitative estimate of drug-likeness (QED) is 0.716. The third-order valence-electron chi connectivity index (χ3n) is 4.20. The van der Waals surface area contributed by atoms with Gasteiger partial charge in [0.05, 0.1) is 0 Å². The van der Waals surface area contributed by atoms with Gasteiger partial charge < -0.3 is 10.6 Å². The predicted octanol–water partition coefficient (Wildman–Crippen LogP) is 5.63. The Bertz CT molecular complexity index is 647. The maximum Gasteiger partial charge on any atom is 0.175 e. The number of hydrogen-bond donors (Lipinski definition) is 2. The van der Waals surface area contributed by atoms with Gasteiger partial charge in [0.25, 0.3) is 0 Å². The zero-order valence-corrected chi connectivity index (χ0v) is 14.6. The van der Waals surface area contributed by atoms with Crippen molar-refractivity contribution in [3.05, 3.63) is 59.2 Å². The van der Waals surface area contributed by atoms with Crippen molar-refractivity contribution in [3.63, 3.8) is 0 Å². The average Bonchev–Trinajstić information content (AvgIpc) is 2.52. The van der Waals surface area contributed by atoms with Crippen LogP contribution in [0.1, 0.15) is 42.9 Å². The lowest BCUT2D eigenvalue weighted by Crippen LogP contribution is -2.19. The third-order valence-corrected chi connectivity index (χ3v) is 4.41. The van der Waals surface area contributed by atoms with Crippen LogP contribution in [-0.4, -0.2) is 5.11 Å². The molecule has 2 N–H and O–H groups in total. The Morgan fingerprint density at radius 2 is 1.73 bits per heavy atom. The lowest BCUT2D eigenvalue weighted by Gasteiger charge is -2.15. The van der Waals surface area contributed by atoms with Gasteiger partial charge in [0.2, 0.25) is 0 Å². The molecule has 0 heterocycles. The molecule has 0 aromatic heterocycles. The van der Waals surface area contributed by atoms with Gasteiger partial charge in [-0.3, -0.25) is 0 Å². The molecule has 0 amide bonds. The lowest BCUT2D eigenvalue weighted by molar-refractivity contribution is 0.734. The van der Waals surface area contributed by atoms with Gasteiger partial charge in [-0.15, -0.1) is 0 Å². The molecule has 2 aromatic rings. The van der Waals surface area contributed by atoms with Crippen molar-refractivity contribution in [2.24, 2.45) is 0 Å². The van der Waals surface area contributed by atoms with Crippen molar-refractivity contribution in [1.29, 1.82) is 0 Å². The number of aryl methyl sites for hydroxylation is 1. The Morgan fingerprint density at radius 1 is 1.05 bits per heavy atom. The van der Waals surface area contributed by atoms with Crippen LogP contribution in [0.15, 0.2) is 42.5 Å². The number of thiocarbonyl (C=S) groups is 1. The molecular weight excluding hydrogens is 288 g/mol. The van der Waals surface area contributed by atoms with Crippen LogP contribution >= 0.6 is 12.2 Å². The molecule has 0 aliphatic heterocycles. The Kier molecular flexibility index (Phi) is 5.56. The Balaban J connectivity index is 2.01. The Labute approximate surface area is 139 Å². The van der Waals surface area contributed by atoms with Crippen LogP contribution in [0.3, 0.4) is 0 Å². The fraction of sp³-hybridized carbons (Fsp3) is 0.316. The second kappa shape index (κ2) is 7.41. The molecule has 2 aromatic carbocycles. The van der Waals surface area contributed by atoms with Gasteiger partial charge in [-0.1, -0.05) is 38.1 Å². The van der Waals surface area contributed by atoms with Gasteiger partial charge in [-0.05, 0) is 73.3 Å². The second-order valence-corrected chi connectivity index (χ2v) is 6.17. The maximum atomic E-state index is 5.41. The minimum absolute atomic E-state index is 0.592. The fourth-order valence-corrected chi connectivity index (χ4v) is 2.53. The molecule has 0 saturated heterocycles. The summed E-state index contributed by atoms with van der Waals surface area (Å²) in [6.07, 6.45) is 1.15. The molecule has 0 bridgehead atoms. The molecular formula is C19H24N2S. The first-order chi connectivity index (χ1) is 10.5. The molecule has 116 valence electrons. The summed E-state index contributed by atoms with van der Waals surface area (Å²) < 4.78 is 0. The number of rotatable bonds is 4. The maximum absolute atomic E-state index is 5.41. The monoisotopic (exact) mass is 312 g/mol. The number of hydrogen-bond acceptors (Lipinski definition) is 1. The van der Waals surface area contributed by atoms with E-state index < -0.39 is 0 Å². The highest BCUT2D eigenvalue weighted by molar-refractivity contribution is 7.80. The summed E-state index contributed by atoms with van der Waals surface area (Å²) in [6, 6.07) is 14.7. The SMILES string of the molecule is CC[C@H](C)c1ccc(NC(=S)Nc2cccc(C)c2C)cc1. The topological polar surface area (TPSA) is 24.1 Å². The van der Waals surface area contributed by atoms with E-state index >= 15 is 0 Å².